The minimum Gasteiger partial charge on any atom is -0.397 e. The van der Waals surface area contributed by atoms with Crippen molar-refractivity contribution in [1.29, 1.82) is 0 Å². The summed E-state index contributed by atoms with van der Waals surface area (Å²) in [5.41, 5.74) is 6.62. The Balaban J connectivity index is 2.43. The zero-order valence-corrected chi connectivity index (χ0v) is 14.0. The van der Waals surface area contributed by atoms with Crippen LogP contribution in [-0.2, 0) is 4.79 Å². The summed E-state index contributed by atoms with van der Waals surface area (Å²) in [5, 5.41) is 4.20. The molecular weight excluding hydrogens is 315 g/mol. The smallest absolute Gasteiger partial charge is 0.224 e. The molecule has 1 amide bonds. The summed E-state index contributed by atoms with van der Waals surface area (Å²) in [7, 11) is 0. The van der Waals surface area contributed by atoms with Crippen LogP contribution in [-0.4, -0.2) is 16.9 Å². The molecule has 112 valence electrons. The van der Waals surface area contributed by atoms with Gasteiger partial charge < -0.3 is 11.1 Å². The maximum atomic E-state index is 11.8. The number of nitrogens with two attached hydrogens (primary N) is 1. The molecule has 3 N–H and O–H groups in total. The lowest BCUT2D eigenvalue weighted by Crippen LogP contribution is -2.13. The highest BCUT2D eigenvalue weighted by Crippen LogP contribution is 2.32. The average Bonchev–Trinajstić information content (AvgIpc) is 2.38. The van der Waals surface area contributed by atoms with Crippen LogP contribution in [0.1, 0.15) is 33.1 Å². The van der Waals surface area contributed by atoms with E-state index in [1.807, 2.05) is 11.8 Å². The number of benzene rings is 1. The van der Waals surface area contributed by atoms with Gasteiger partial charge in [-0.3, -0.25) is 4.79 Å². The summed E-state index contributed by atoms with van der Waals surface area (Å²) in [6, 6.07) is 3.13. The first-order valence-corrected chi connectivity index (χ1v) is 8.40. The molecule has 3 nitrogen and oxygen atoms in total. The van der Waals surface area contributed by atoms with E-state index >= 15 is 0 Å². The number of nitrogen functional groups attached to an aromatic ring is 1. The molecule has 0 aliphatic heterocycles. The average molecular weight is 335 g/mol. The summed E-state index contributed by atoms with van der Waals surface area (Å²) in [6.45, 7) is 4.36. The van der Waals surface area contributed by atoms with Crippen molar-refractivity contribution in [3.8, 4) is 0 Å². The number of carbonyl (C=O) groups excluding carboxylic acids is 1. The first kappa shape index (κ1) is 17.5. The number of hydrogen-bond donors (Lipinski definition) is 2. The number of nitrogens with one attached hydrogen (secondary N) is 1. The summed E-state index contributed by atoms with van der Waals surface area (Å²) < 4.78 is 0. The van der Waals surface area contributed by atoms with E-state index in [-0.39, 0.29) is 5.91 Å². The van der Waals surface area contributed by atoms with Gasteiger partial charge in [0.1, 0.15) is 0 Å². The van der Waals surface area contributed by atoms with E-state index in [1.165, 1.54) is 0 Å². The van der Waals surface area contributed by atoms with Gasteiger partial charge in [-0.2, -0.15) is 11.8 Å². The van der Waals surface area contributed by atoms with Crippen LogP contribution in [0, 0.1) is 0 Å². The second-order valence-corrected chi connectivity index (χ2v) is 6.98. The Morgan fingerprint density at radius 2 is 2.15 bits per heavy atom. The Kier molecular flexibility index (Phi) is 7.56. The summed E-state index contributed by atoms with van der Waals surface area (Å²) >= 11 is 13.7. The van der Waals surface area contributed by atoms with Crippen molar-refractivity contribution in [3.63, 3.8) is 0 Å². The fourth-order valence-electron chi connectivity index (χ4n) is 1.56. The molecule has 1 aromatic rings. The normalized spacial score (nSPS) is 12.2. The molecule has 0 fully saturated rings. The molecule has 1 rings (SSSR count). The van der Waals surface area contributed by atoms with Crippen LogP contribution in [0.3, 0.4) is 0 Å². The highest BCUT2D eigenvalue weighted by Gasteiger charge is 2.10. The van der Waals surface area contributed by atoms with Crippen LogP contribution in [0.15, 0.2) is 12.1 Å². The van der Waals surface area contributed by atoms with Crippen LogP contribution >= 0.6 is 35.0 Å². The standard InChI is InChI=1S/C14H20Cl2N2OS/c1-3-9(2)20-6-4-5-13(19)18-14-11(16)7-10(15)8-12(14)17/h7-9H,3-6,17H2,1-2H3,(H,18,19). The molecule has 0 aromatic heterocycles. The van der Waals surface area contributed by atoms with Crippen LogP contribution in [0.2, 0.25) is 10.0 Å². The van der Waals surface area contributed by atoms with Crippen molar-refractivity contribution in [2.45, 2.75) is 38.4 Å². The third kappa shape index (κ3) is 5.81. The number of thioether (sulfide) groups is 1. The predicted molar refractivity (Wildman–Crippen MR) is 90.9 cm³/mol. The van der Waals surface area contributed by atoms with Crippen molar-refractivity contribution in [2.24, 2.45) is 0 Å². The zero-order valence-electron chi connectivity index (χ0n) is 11.7. The van der Waals surface area contributed by atoms with Gasteiger partial charge in [0, 0.05) is 16.7 Å². The predicted octanol–water partition coefficient (Wildman–Crippen LogP) is 4.83. The first-order chi connectivity index (χ1) is 9.43. The van der Waals surface area contributed by atoms with Gasteiger partial charge in [0.05, 0.1) is 16.4 Å². The minimum atomic E-state index is -0.0781. The van der Waals surface area contributed by atoms with Gasteiger partial charge in [0.25, 0.3) is 0 Å². The molecule has 0 heterocycles. The lowest BCUT2D eigenvalue weighted by molar-refractivity contribution is -0.116. The first-order valence-electron chi connectivity index (χ1n) is 6.60. The van der Waals surface area contributed by atoms with Gasteiger partial charge in [-0.15, -0.1) is 0 Å². The molecule has 0 radical (unpaired) electrons. The number of carbonyl (C=O) groups is 1. The zero-order chi connectivity index (χ0) is 15.1. The van der Waals surface area contributed by atoms with Crippen LogP contribution in [0.25, 0.3) is 0 Å². The molecule has 1 unspecified atom stereocenters. The van der Waals surface area contributed by atoms with Gasteiger partial charge in [-0.25, -0.2) is 0 Å². The molecule has 1 atom stereocenters. The Morgan fingerprint density at radius 3 is 2.75 bits per heavy atom. The summed E-state index contributed by atoms with van der Waals surface area (Å²) in [6.07, 6.45) is 2.45. The van der Waals surface area contributed by atoms with E-state index in [0.717, 1.165) is 18.6 Å². The number of halogens is 2. The Bertz CT molecular complexity index is 445. The van der Waals surface area contributed by atoms with E-state index in [2.05, 4.69) is 19.2 Å². The number of rotatable bonds is 7. The second-order valence-electron chi connectivity index (χ2n) is 4.59. The topological polar surface area (TPSA) is 55.1 Å². The Hall–Kier alpha value is -0.580. The van der Waals surface area contributed by atoms with Crippen molar-refractivity contribution in [2.75, 3.05) is 16.8 Å². The van der Waals surface area contributed by atoms with Gasteiger partial charge in [0.15, 0.2) is 0 Å². The third-order valence-electron chi connectivity index (χ3n) is 2.88. The summed E-state index contributed by atoms with van der Waals surface area (Å²) in [5.74, 6) is 0.900. The Labute approximate surface area is 134 Å². The maximum Gasteiger partial charge on any atom is 0.224 e. The largest absolute Gasteiger partial charge is 0.397 e. The van der Waals surface area contributed by atoms with E-state index < -0.39 is 0 Å². The van der Waals surface area contributed by atoms with Crippen molar-refractivity contribution in [3.05, 3.63) is 22.2 Å². The number of anilines is 2. The third-order valence-corrected chi connectivity index (χ3v) is 4.82. The lowest BCUT2D eigenvalue weighted by Gasteiger charge is -2.11. The molecule has 0 aliphatic carbocycles. The maximum absolute atomic E-state index is 11.8. The molecule has 0 spiro atoms. The highest BCUT2D eigenvalue weighted by molar-refractivity contribution is 7.99. The monoisotopic (exact) mass is 334 g/mol. The van der Waals surface area contributed by atoms with Crippen LogP contribution in [0.5, 0.6) is 0 Å². The van der Waals surface area contributed by atoms with Gasteiger partial charge in [-0.1, -0.05) is 37.0 Å². The molecule has 0 saturated carbocycles. The van der Waals surface area contributed by atoms with Gasteiger partial charge in [-0.05, 0) is 30.7 Å². The molecule has 0 bridgehead atoms. The van der Waals surface area contributed by atoms with Gasteiger partial charge >= 0.3 is 0 Å². The van der Waals surface area contributed by atoms with E-state index in [0.29, 0.717) is 33.1 Å². The van der Waals surface area contributed by atoms with Crippen LogP contribution < -0.4 is 11.1 Å². The van der Waals surface area contributed by atoms with E-state index in [9.17, 15) is 4.79 Å². The van der Waals surface area contributed by atoms with E-state index in [4.69, 9.17) is 28.9 Å². The molecule has 0 saturated heterocycles. The fraction of sp³-hybridized carbons (Fsp3) is 0.500. The SMILES string of the molecule is CCC(C)SCCCC(=O)Nc1c(N)cc(Cl)cc1Cl. The van der Waals surface area contributed by atoms with E-state index in [1.54, 1.807) is 12.1 Å². The number of hydrogen-bond acceptors (Lipinski definition) is 3. The highest BCUT2D eigenvalue weighted by atomic mass is 35.5. The van der Waals surface area contributed by atoms with Crippen molar-refractivity contribution < 1.29 is 4.79 Å². The molecule has 6 heteroatoms. The van der Waals surface area contributed by atoms with Crippen molar-refractivity contribution >= 4 is 52.2 Å². The van der Waals surface area contributed by atoms with Crippen LogP contribution in [0.4, 0.5) is 11.4 Å². The lowest BCUT2D eigenvalue weighted by atomic mass is 10.2. The molecule has 0 aliphatic rings. The molecular formula is C14H20Cl2N2OS. The fourth-order valence-corrected chi connectivity index (χ4v) is 3.07. The minimum absolute atomic E-state index is 0.0781. The van der Waals surface area contributed by atoms with Gasteiger partial charge in [0.2, 0.25) is 5.91 Å². The second kappa shape index (κ2) is 8.65. The summed E-state index contributed by atoms with van der Waals surface area (Å²) in [4.78, 5) is 11.8. The molecule has 20 heavy (non-hydrogen) atoms. The Morgan fingerprint density at radius 1 is 1.45 bits per heavy atom. The van der Waals surface area contributed by atoms with Crippen molar-refractivity contribution in [1.82, 2.24) is 0 Å². The quantitative estimate of drug-likeness (QED) is 0.554. The molecule has 1 aromatic carbocycles. The number of amides is 1.